The van der Waals surface area contributed by atoms with E-state index in [0.29, 0.717) is 36.0 Å². The number of carbonyl (C=O) groups is 2. The zero-order chi connectivity index (χ0) is 21.0. The highest BCUT2D eigenvalue weighted by Crippen LogP contribution is 2.32. The summed E-state index contributed by atoms with van der Waals surface area (Å²) in [7, 11) is 3.94. The standard InChI is InChI=1S/C22H25N3O3S/c1-5-28-18-10-11-19-20(14-18)29-22(23-19)25(13-12-24(3)4)21(27)17-8-6-16(7-9-17)15(2)26/h6-11,14H,5,12-13H2,1-4H3. The van der Waals surface area contributed by atoms with Crippen molar-refractivity contribution in [1.82, 2.24) is 9.88 Å². The predicted octanol–water partition coefficient (Wildman–Crippen LogP) is 4.11. The summed E-state index contributed by atoms with van der Waals surface area (Å²) in [5, 5.41) is 0.649. The molecule has 3 aromatic rings. The van der Waals surface area contributed by atoms with Crippen molar-refractivity contribution in [2.45, 2.75) is 13.8 Å². The summed E-state index contributed by atoms with van der Waals surface area (Å²) in [4.78, 5) is 33.2. The SMILES string of the molecule is CCOc1ccc2nc(N(CCN(C)C)C(=O)c3ccc(C(C)=O)cc3)sc2c1. The number of nitrogens with zero attached hydrogens (tertiary/aromatic N) is 3. The third-order valence-electron chi connectivity index (χ3n) is 4.44. The van der Waals surface area contributed by atoms with Crippen molar-refractivity contribution < 1.29 is 14.3 Å². The molecule has 0 fully saturated rings. The zero-order valence-corrected chi connectivity index (χ0v) is 18.0. The van der Waals surface area contributed by atoms with Crippen LogP contribution >= 0.6 is 11.3 Å². The number of likely N-dealkylation sites (N-methyl/N-ethyl adjacent to an activating group) is 1. The van der Waals surface area contributed by atoms with Gasteiger partial charge in [0.05, 0.1) is 16.8 Å². The van der Waals surface area contributed by atoms with Gasteiger partial charge in [-0.05, 0) is 58.3 Å². The number of Topliss-reactive ketones (excluding diaryl/α,β-unsaturated/α-hetero) is 1. The molecule has 152 valence electrons. The highest BCUT2D eigenvalue weighted by molar-refractivity contribution is 7.22. The number of ketones is 1. The largest absolute Gasteiger partial charge is 0.494 e. The number of thiazole rings is 1. The maximum atomic E-state index is 13.2. The second-order valence-electron chi connectivity index (χ2n) is 6.95. The molecule has 0 saturated carbocycles. The molecule has 1 aromatic heterocycles. The number of hydrogen-bond acceptors (Lipinski definition) is 6. The molecule has 0 aliphatic rings. The lowest BCUT2D eigenvalue weighted by Crippen LogP contribution is -2.36. The molecule has 7 heteroatoms. The van der Waals surface area contributed by atoms with Gasteiger partial charge in [-0.3, -0.25) is 14.5 Å². The van der Waals surface area contributed by atoms with Crippen molar-refractivity contribution in [2.24, 2.45) is 0 Å². The maximum absolute atomic E-state index is 13.2. The Kier molecular flexibility index (Phi) is 6.61. The molecule has 0 aliphatic heterocycles. The summed E-state index contributed by atoms with van der Waals surface area (Å²) in [6.07, 6.45) is 0. The lowest BCUT2D eigenvalue weighted by Gasteiger charge is -2.22. The highest BCUT2D eigenvalue weighted by Gasteiger charge is 2.22. The van der Waals surface area contributed by atoms with Crippen LogP contribution in [0.3, 0.4) is 0 Å². The summed E-state index contributed by atoms with van der Waals surface area (Å²) >= 11 is 1.47. The number of benzene rings is 2. The van der Waals surface area contributed by atoms with Gasteiger partial charge < -0.3 is 9.64 Å². The molecule has 0 spiro atoms. The van der Waals surface area contributed by atoms with E-state index in [1.54, 1.807) is 29.2 Å². The Morgan fingerprint density at radius 1 is 1.03 bits per heavy atom. The third-order valence-corrected chi connectivity index (χ3v) is 5.49. The number of fused-ring (bicyclic) bond motifs is 1. The number of rotatable bonds is 8. The van der Waals surface area contributed by atoms with Gasteiger partial charge in [-0.15, -0.1) is 0 Å². The van der Waals surface area contributed by atoms with Gasteiger partial charge in [-0.25, -0.2) is 4.98 Å². The van der Waals surface area contributed by atoms with Gasteiger partial charge in [0.15, 0.2) is 10.9 Å². The number of aromatic nitrogens is 1. The highest BCUT2D eigenvalue weighted by atomic mass is 32.1. The minimum atomic E-state index is -0.133. The monoisotopic (exact) mass is 411 g/mol. The molecule has 0 saturated heterocycles. The van der Waals surface area contributed by atoms with E-state index in [2.05, 4.69) is 4.98 Å². The van der Waals surface area contributed by atoms with E-state index >= 15 is 0 Å². The molecule has 2 aromatic carbocycles. The first kappa shape index (κ1) is 21.0. The minimum Gasteiger partial charge on any atom is -0.494 e. The number of anilines is 1. The quantitative estimate of drug-likeness (QED) is 0.522. The van der Waals surface area contributed by atoms with Crippen LogP contribution in [0, 0.1) is 0 Å². The third kappa shape index (κ3) is 4.99. The van der Waals surface area contributed by atoms with E-state index in [0.717, 1.165) is 16.0 Å². The fourth-order valence-electron chi connectivity index (χ4n) is 2.85. The summed E-state index contributed by atoms with van der Waals surface area (Å²) < 4.78 is 6.55. The summed E-state index contributed by atoms with van der Waals surface area (Å²) in [6.45, 7) is 5.27. The molecule has 1 amide bonds. The molecular weight excluding hydrogens is 386 g/mol. The Morgan fingerprint density at radius 3 is 2.34 bits per heavy atom. The topological polar surface area (TPSA) is 62.7 Å². The van der Waals surface area contributed by atoms with Crippen LogP contribution < -0.4 is 9.64 Å². The van der Waals surface area contributed by atoms with Crippen molar-refractivity contribution in [1.29, 1.82) is 0 Å². The van der Waals surface area contributed by atoms with E-state index in [1.807, 2.05) is 44.1 Å². The smallest absolute Gasteiger partial charge is 0.260 e. The fraction of sp³-hybridized carbons (Fsp3) is 0.318. The lowest BCUT2D eigenvalue weighted by atomic mass is 10.1. The first-order valence-electron chi connectivity index (χ1n) is 9.50. The van der Waals surface area contributed by atoms with Crippen LogP contribution in [0.25, 0.3) is 10.2 Å². The molecule has 0 unspecified atom stereocenters. The van der Waals surface area contributed by atoms with Gasteiger partial charge in [0.25, 0.3) is 5.91 Å². The molecule has 0 atom stereocenters. The zero-order valence-electron chi connectivity index (χ0n) is 17.1. The van der Waals surface area contributed by atoms with E-state index in [4.69, 9.17) is 4.74 Å². The Labute approximate surface area is 174 Å². The van der Waals surface area contributed by atoms with Crippen molar-refractivity contribution in [3.63, 3.8) is 0 Å². The van der Waals surface area contributed by atoms with Crippen molar-refractivity contribution in [2.75, 3.05) is 38.7 Å². The lowest BCUT2D eigenvalue weighted by molar-refractivity contribution is 0.0981. The van der Waals surface area contributed by atoms with E-state index in [-0.39, 0.29) is 11.7 Å². The molecule has 0 aliphatic carbocycles. The molecule has 3 rings (SSSR count). The number of ether oxygens (including phenoxy) is 1. The van der Waals surface area contributed by atoms with Gasteiger partial charge in [0, 0.05) is 24.2 Å². The first-order chi connectivity index (χ1) is 13.9. The Bertz CT molecular complexity index is 1010. The van der Waals surface area contributed by atoms with Crippen LogP contribution in [-0.4, -0.2) is 55.4 Å². The average molecular weight is 412 g/mol. The van der Waals surface area contributed by atoms with Crippen LogP contribution in [0.15, 0.2) is 42.5 Å². The fourth-order valence-corrected chi connectivity index (χ4v) is 3.87. The van der Waals surface area contributed by atoms with E-state index in [9.17, 15) is 9.59 Å². The average Bonchev–Trinajstić information content (AvgIpc) is 3.11. The van der Waals surface area contributed by atoms with Crippen molar-refractivity contribution in [3.05, 3.63) is 53.6 Å². The van der Waals surface area contributed by atoms with Gasteiger partial charge in [-0.1, -0.05) is 23.5 Å². The normalized spacial score (nSPS) is 11.1. The van der Waals surface area contributed by atoms with Gasteiger partial charge >= 0.3 is 0 Å². The molecule has 29 heavy (non-hydrogen) atoms. The van der Waals surface area contributed by atoms with E-state index < -0.39 is 0 Å². The van der Waals surface area contributed by atoms with E-state index in [1.165, 1.54) is 18.3 Å². The summed E-state index contributed by atoms with van der Waals surface area (Å²) in [5.74, 6) is 0.636. The van der Waals surface area contributed by atoms with Crippen LogP contribution in [-0.2, 0) is 0 Å². The maximum Gasteiger partial charge on any atom is 0.260 e. The Balaban J connectivity index is 1.94. The molecule has 0 bridgehead atoms. The van der Waals surface area contributed by atoms with Gasteiger partial charge in [0.2, 0.25) is 0 Å². The van der Waals surface area contributed by atoms with Gasteiger partial charge in [-0.2, -0.15) is 0 Å². The van der Waals surface area contributed by atoms with Crippen LogP contribution in [0.5, 0.6) is 5.75 Å². The Hall–Kier alpha value is -2.77. The summed E-state index contributed by atoms with van der Waals surface area (Å²) in [5.41, 5.74) is 1.95. The predicted molar refractivity (Wildman–Crippen MR) is 117 cm³/mol. The molecule has 1 heterocycles. The summed E-state index contributed by atoms with van der Waals surface area (Å²) in [6, 6.07) is 12.5. The van der Waals surface area contributed by atoms with Crippen LogP contribution in [0.1, 0.15) is 34.6 Å². The second-order valence-corrected chi connectivity index (χ2v) is 7.96. The molecule has 6 nitrogen and oxygen atoms in total. The first-order valence-corrected chi connectivity index (χ1v) is 10.3. The van der Waals surface area contributed by atoms with Crippen LogP contribution in [0.2, 0.25) is 0 Å². The number of carbonyl (C=O) groups excluding carboxylic acids is 2. The number of hydrogen-bond donors (Lipinski definition) is 0. The number of amides is 1. The van der Waals surface area contributed by atoms with Crippen molar-refractivity contribution in [3.8, 4) is 5.75 Å². The molecule has 0 radical (unpaired) electrons. The minimum absolute atomic E-state index is 0.0234. The second kappa shape index (κ2) is 9.15. The molecular formula is C22H25N3O3S. The van der Waals surface area contributed by atoms with Crippen LogP contribution in [0.4, 0.5) is 5.13 Å². The Morgan fingerprint density at radius 2 is 1.72 bits per heavy atom. The molecule has 0 N–H and O–H groups in total. The van der Waals surface area contributed by atoms with Gasteiger partial charge in [0.1, 0.15) is 5.75 Å². The van der Waals surface area contributed by atoms with Crippen molar-refractivity contribution >= 4 is 38.4 Å².